The number of carbonyl (C=O) groups is 1. The lowest BCUT2D eigenvalue weighted by molar-refractivity contribution is -0.118. The Kier molecular flexibility index (Phi) is 1.85. The van der Waals surface area contributed by atoms with Gasteiger partial charge in [0.05, 0.1) is 0 Å². The van der Waals surface area contributed by atoms with Crippen molar-refractivity contribution in [2.45, 2.75) is 19.3 Å². The molecule has 3 heteroatoms. The van der Waals surface area contributed by atoms with Gasteiger partial charge in [-0.25, -0.2) is 0 Å². The van der Waals surface area contributed by atoms with E-state index in [9.17, 15) is 4.79 Å². The van der Waals surface area contributed by atoms with E-state index in [1.807, 2.05) is 0 Å². The van der Waals surface area contributed by atoms with Crippen LogP contribution in [0.15, 0.2) is 11.3 Å². The highest BCUT2D eigenvalue weighted by Crippen LogP contribution is 2.16. The van der Waals surface area contributed by atoms with Crippen LogP contribution in [0.4, 0.5) is 0 Å². The fraction of sp³-hybridized carbons (Fsp3) is 0.429. The summed E-state index contributed by atoms with van der Waals surface area (Å²) < 4.78 is 0. The average Bonchev–Trinajstić information content (AvgIpc) is 1.94. The Balaban J connectivity index is 0.000001000. The summed E-state index contributed by atoms with van der Waals surface area (Å²) in [4.78, 5) is 10.8. The molecule has 0 saturated heterocycles. The summed E-state index contributed by atoms with van der Waals surface area (Å²) in [5, 5.41) is 6.90. The maximum absolute atomic E-state index is 10.8. The lowest BCUT2D eigenvalue weighted by atomic mass is 9.96. The minimum Gasteiger partial charge on any atom is -0.402 e. The summed E-state index contributed by atoms with van der Waals surface area (Å²) in [6.07, 6.45) is 2.70. The lowest BCUT2D eigenvalue weighted by Crippen LogP contribution is -2.14. The second-order valence-corrected chi connectivity index (χ2v) is 2.41. The van der Waals surface area contributed by atoms with Gasteiger partial charge in [-0.05, 0) is 12.0 Å². The van der Waals surface area contributed by atoms with Gasteiger partial charge >= 0.3 is 0 Å². The van der Waals surface area contributed by atoms with E-state index < -0.39 is 0 Å². The fourth-order valence-corrected chi connectivity index (χ4v) is 0.993. The predicted molar refractivity (Wildman–Crippen MR) is 41.0 cm³/mol. The standard InChI is InChI=1S/C7H10N2O.H2/c8-4-5-3-6(10)1-2-7(5)9;/h4,8H,1-3,9H2;1H. The molecule has 0 aliphatic heterocycles. The Labute approximate surface area is 60.9 Å². The zero-order valence-electron chi connectivity index (χ0n) is 5.68. The van der Waals surface area contributed by atoms with Gasteiger partial charge in [-0.1, -0.05) is 0 Å². The average molecular weight is 140 g/mol. The number of ketones is 1. The van der Waals surface area contributed by atoms with E-state index in [4.69, 9.17) is 11.1 Å². The van der Waals surface area contributed by atoms with Crippen molar-refractivity contribution in [1.82, 2.24) is 0 Å². The zero-order valence-corrected chi connectivity index (χ0v) is 5.68. The van der Waals surface area contributed by atoms with Gasteiger partial charge in [-0.2, -0.15) is 0 Å². The molecule has 0 amide bonds. The maximum atomic E-state index is 10.8. The van der Waals surface area contributed by atoms with Crippen LogP contribution in [0.3, 0.4) is 0 Å². The number of hydrogen-bond donors (Lipinski definition) is 2. The molecule has 0 aromatic rings. The maximum Gasteiger partial charge on any atom is 0.137 e. The molecular weight excluding hydrogens is 128 g/mol. The number of nitrogens with one attached hydrogen (secondary N) is 1. The molecule has 0 radical (unpaired) electrons. The summed E-state index contributed by atoms with van der Waals surface area (Å²) in [5.41, 5.74) is 6.92. The minimum atomic E-state index is 0. The largest absolute Gasteiger partial charge is 0.402 e. The Hall–Kier alpha value is -1.12. The molecule has 0 saturated carbocycles. The molecule has 0 fully saturated rings. The monoisotopic (exact) mass is 140 g/mol. The van der Waals surface area contributed by atoms with Crippen molar-refractivity contribution < 1.29 is 6.22 Å². The molecular formula is C7H12N2O. The van der Waals surface area contributed by atoms with Crippen LogP contribution in [-0.4, -0.2) is 12.0 Å². The van der Waals surface area contributed by atoms with Gasteiger partial charge in [0.25, 0.3) is 0 Å². The molecule has 3 N–H and O–H groups in total. The quantitative estimate of drug-likeness (QED) is 0.530. The van der Waals surface area contributed by atoms with Crippen LogP contribution in [0.1, 0.15) is 20.7 Å². The van der Waals surface area contributed by atoms with Crippen LogP contribution < -0.4 is 5.73 Å². The van der Waals surface area contributed by atoms with Crippen molar-refractivity contribution in [3.63, 3.8) is 0 Å². The predicted octanol–water partition coefficient (Wildman–Crippen LogP) is 0.848. The van der Waals surface area contributed by atoms with E-state index >= 15 is 0 Å². The Morgan fingerprint density at radius 1 is 1.60 bits per heavy atom. The molecule has 0 atom stereocenters. The van der Waals surface area contributed by atoms with Crippen molar-refractivity contribution in [3.05, 3.63) is 11.3 Å². The van der Waals surface area contributed by atoms with E-state index in [1.165, 1.54) is 6.21 Å². The summed E-state index contributed by atoms with van der Waals surface area (Å²) >= 11 is 0. The SMILES string of the molecule is N=CC1=C(N)CCC(=O)C1.[HH]. The van der Waals surface area contributed by atoms with Crippen molar-refractivity contribution >= 4 is 12.0 Å². The lowest BCUT2D eigenvalue weighted by Gasteiger charge is -2.11. The van der Waals surface area contributed by atoms with Crippen molar-refractivity contribution in [2.75, 3.05) is 0 Å². The van der Waals surface area contributed by atoms with Gasteiger partial charge in [0, 0.05) is 26.2 Å². The van der Waals surface area contributed by atoms with Gasteiger partial charge < -0.3 is 11.1 Å². The van der Waals surface area contributed by atoms with E-state index in [1.54, 1.807) is 0 Å². The summed E-state index contributed by atoms with van der Waals surface area (Å²) in [6, 6.07) is 0. The molecule has 1 aliphatic carbocycles. The molecule has 0 bridgehead atoms. The third-order valence-electron chi connectivity index (χ3n) is 1.65. The van der Waals surface area contributed by atoms with E-state index in [-0.39, 0.29) is 7.21 Å². The first kappa shape index (κ1) is 6.99. The third kappa shape index (κ3) is 1.23. The van der Waals surface area contributed by atoms with Crippen molar-refractivity contribution in [2.24, 2.45) is 5.73 Å². The van der Waals surface area contributed by atoms with Gasteiger partial charge in [-0.3, -0.25) is 4.79 Å². The normalized spacial score (nSPS) is 19.4. The second kappa shape index (κ2) is 2.64. The van der Waals surface area contributed by atoms with E-state index in [2.05, 4.69) is 0 Å². The summed E-state index contributed by atoms with van der Waals surface area (Å²) in [5.74, 6) is 0.188. The number of Topliss-reactive ketones (excluding diaryl/α,β-unsaturated/α-hetero) is 1. The molecule has 3 nitrogen and oxygen atoms in total. The molecule has 0 spiro atoms. The first-order chi connectivity index (χ1) is 4.74. The van der Waals surface area contributed by atoms with Crippen LogP contribution in [0.25, 0.3) is 0 Å². The van der Waals surface area contributed by atoms with Gasteiger partial charge in [0.1, 0.15) is 5.78 Å². The zero-order chi connectivity index (χ0) is 7.56. The van der Waals surface area contributed by atoms with Crippen molar-refractivity contribution in [1.29, 1.82) is 5.41 Å². The minimum absolute atomic E-state index is 0. The Bertz CT molecular complexity index is 210. The Morgan fingerprint density at radius 2 is 2.30 bits per heavy atom. The van der Waals surface area contributed by atoms with E-state index in [0.717, 1.165) is 0 Å². The van der Waals surface area contributed by atoms with E-state index in [0.29, 0.717) is 30.5 Å². The first-order valence-corrected chi connectivity index (χ1v) is 3.23. The van der Waals surface area contributed by atoms with Crippen LogP contribution in [0, 0.1) is 5.41 Å². The highest BCUT2D eigenvalue weighted by atomic mass is 16.1. The second-order valence-electron chi connectivity index (χ2n) is 2.41. The molecule has 0 aromatic heterocycles. The third-order valence-corrected chi connectivity index (χ3v) is 1.65. The summed E-state index contributed by atoms with van der Waals surface area (Å²) in [7, 11) is 0. The smallest absolute Gasteiger partial charge is 0.137 e. The highest BCUT2D eigenvalue weighted by molar-refractivity contribution is 5.91. The molecule has 56 valence electrons. The van der Waals surface area contributed by atoms with Gasteiger partial charge in [-0.15, -0.1) is 0 Å². The van der Waals surface area contributed by atoms with Crippen LogP contribution in [0.2, 0.25) is 0 Å². The fourth-order valence-electron chi connectivity index (χ4n) is 0.993. The first-order valence-electron chi connectivity index (χ1n) is 3.23. The number of carbonyl (C=O) groups excluding carboxylic acids is 1. The van der Waals surface area contributed by atoms with Gasteiger partial charge in [0.2, 0.25) is 0 Å². The number of nitrogens with two attached hydrogens (primary N) is 1. The van der Waals surface area contributed by atoms with Crippen LogP contribution in [0.5, 0.6) is 0 Å². The molecule has 0 aromatic carbocycles. The molecule has 1 aliphatic rings. The van der Waals surface area contributed by atoms with Crippen LogP contribution >= 0.6 is 0 Å². The number of allylic oxidation sites excluding steroid dienone is 2. The number of rotatable bonds is 1. The molecule has 0 heterocycles. The highest BCUT2D eigenvalue weighted by Gasteiger charge is 2.13. The molecule has 0 unspecified atom stereocenters. The number of hydrogen-bond acceptors (Lipinski definition) is 3. The molecule has 10 heavy (non-hydrogen) atoms. The van der Waals surface area contributed by atoms with Crippen molar-refractivity contribution in [3.8, 4) is 0 Å². The Morgan fingerprint density at radius 3 is 2.80 bits per heavy atom. The van der Waals surface area contributed by atoms with Gasteiger partial charge in [0.15, 0.2) is 0 Å². The summed E-state index contributed by atoms with van der Waals surface area (Å²) in [6.45, 7) is 0. The van der Waals surface area contributed by atoms with Crippen LogP contribution in [-0.2, 0) is 4.79 Å². The molecule has 1 rings (SSSR count). The topological polar surface area (TPSA) is 66.9 Å².